The van der Waals surface area contributed by atoms with Gasteiger partial charge in [0.25, 0.3) is 0 Å². The van der Waals surface area contributed by atoms with E-state index in [0.29, 0.717) is 0 Å². The Hall–Kier alpha value is 0.470. The molecule has 0 bridgehead atoms. The van der Waals surface area contributed by atoms with E-state index in [0.717, 1.165) is 17.7 Å². The minimum absolute atomic E-state index is 0.752. The first kappa shape index (κ1) is 8.09. The maximum Gasteiger partial charge on any atom is 0.0701 e. The molecule has 1 aliphatic rings. The van der Waals surface area contributed by atoms with Crippen LogP contribution in [0.25, 0.3) is 0 Å². The molecule has 2 atom stereocenters. The van der Waals surface area contributed by atoms with Crippen LogP contribution in [-0.2, 0) is 0 Å². The van der Waals surface area contributed by atoms with Crippen molar-refractivity contribution in [1.82, 2.24) is 0 Å². The van der Waals surface area contributed by atoms with Crippen LogP contribution in [0, 0.1) is 5.92 Å². The molecule has 0 aromatic carbocycles. The lowest BCUT2D eigenvalue weighted by Gasteiger charge is -1.89. The van der Waals surface area contributed by atoms with Crippen molar-refractivity contribution in [1.29, 1.82) is 0 Å². The molecule has 11 heavy (non-hydrogen) atoms. The Balaban J connectivity index is 2.08. The summed E-state index contributed by atoms with van der Waals surface area (Å²) >= 11 is 11.0. The Morgan fingerprint density at radius 1 is 1.64 bits per heavy atom. The minimum Gasteiger partial charge on any atom is -0.133 e. The molecule has 1 saturated carbocycles. The minimum atomic E-state index is 0.752. The molecule has 1 aromatic rings. The molecule has 2 unspecified atom stereocenters. The fourth-order valence-electron chi connectivity index (χ4n) is 1.29. The zero-order chi connectivity index (χ0) is 7.84. The Morgan fingerprint density at radius 3 is 2.91 bits per heavy atom. The van der Waals surface area contributed by atoms with Crippen molar-refractivity contribution in [2.24, 2.45) is 5.92 Å². The van der Waals surface area contributed by atoms with Gasteiger partial charge in [0, 0.05) is 10.8 Å². The highest BCUT2D eigenvalue weighted by Crippen LogP contribution is 2.50. The van der Waals surface area contributed by atoms with E-state index in [4.69, 9.17) is 11.6 Å². The Morgan fingerprint density at radius 2 is 2.45 bits per heavy atom. The summed E-state index contributed by atoms with van der Waals surface area (Å²) in [4.78, 5) is 1.49. The van der Waals surface area contributed by atoms with Crippen LogP contribution in [0.5, 0.6) is 0 Å². The molecule has 1 aliphatic carbocycles. The van der Waals surface area contributed by atoms with Crippen molar-refractivity contribution in [3.05, 3.63) is 20.8 Å². The van der Waals surface area contributed by atoms with Gasteiger partial charge in [-0.2, -0.15) is 0 Å². The van der Waals surface area contributed by atoms with Crippen molar-refractivity contribution in [2.45, 2.75) is 12.3 Å². The van der Waals surface area contributed by atoms with Crippen LogP contribution in [0.3, 0.4) is 0 Å². The smallest absolute Gasteiger partial charge is 0.0701 e. The van der Waals surface area contributed by atoms with Crippen LogP contribution >= 0.6 is 38.9 Å². The Kier molecular flexibility index (Phi) is 2.26. The predicted octanol–water partition coefficient (Wildman–Crippen LogP) is 3.85. The molecular formula is C8H8BrClS. The molecule has 1 aromatic heterocycles. The van der Waals surface area contributed by atoms with E-state index in [9.17, 15) is 0 Å². The van der Waals surface area contributed by atoms with Crippen LogP contribution in [0.1, 0.15) is 17.2 Å². The maximum absolute atomic E-state index is 5.74. The van der Waals surface area contributed by atoms with Gasteiger partial charge in [-0.05, 0) is 46.3 Å². The third-order valence-corrected chi connectivity index (χ3v) is 4.23. The fourth-order valence-corrected chi connectivity index (χ4v) is 3.27. The van der Waals surface area contributed by atoms with Crippen LogP contribution in [0.15, 0.2) is 15.9 Å². The first-order valence-corrected chi connectivity index (χ1v) is 5.77. The quantitative estimate of drug-likeness (QED) is 0.701. The van der Waals surface area contributed by atoms with E-state index in [-0.39, 0.29) is 0 Å². The first-order chi connectivity index (χ1) is 5.31. The van der Waals surface area contributed by atoms with Crippen LogP contribution in [0.4, 0.5) is 0 Å². The van der Waals surface area contributed by atoms with Gasteiger partial charge in [-0.25, -0.2) is 0 Å². The van der Waals surface area contributed by atoms with Crippen molar-refractivity contribution in [3.8, 4) is 0 Å². The lowest BCUT2D eigenvalue weighted by Crippen LogP contribution is -1.78. The van der Waals surface area contributed by atoms with Gasteiger partial charge in [-0.1, -0.05) is 0 Å². The molecule has 0 radical (unpaired) electrons. The Labute approximate surface area is 83.7 Å². The van der Waals surface area contributed by atoms with E-state index < -0.39 is 0 Å². The van der Waals surface area contributed by atoms with Crippen molar-refractivity contribution in [3.63, 3.8) is 0 Å². The van der Waals surface area contributed by atoms with Gasteiger partial charge in [0.05, 0.1) is 3.79 Å². The highest BCUT2D eigenvalue weighted by atomic mass is 79.9. The van der Waals surface area contributed by atoms with Gasteiger partial charge < -0.3 is 0 Å². The highest BCUT2D eigenvalue weighted by molar-refractivity contribution is 9.11. The van der Waals surface area contributed by atoms with E-state index in [1.165, 1.54) is 15.1 Å². The lowest BCUT2D eigenvalue weighted by molar-refractivity contribution is 0.935. The first-order valence-electron chi connectivity index (χ1n) is 3.62. The third kappa shape index (κ3) is 1.63. The summed E-state index contributed by atoms with van der Waals surface area (Å²) in [5, 5.41) is 0. The molecule has 0 amide bonds. The summed E-state index contributed by atoms with van der Waals surface area (Å²) in [6.45, 7) is 0. The van der Waals surface area contributed by atoms with Gasteiger partial charge in [0.1, 0.15) is 0 Å². The number of hydrogen-bond acceptors (Lipinski definition) is 1. The molecule has 1 fully saturated rings. The highest BCUT2D eigenvalue weighted by Gasteiger charge is 2.38. The summed E-state index contributed by atoms with van der Waals surface area (Å²) in [7, 11) is 0. The molecule has 0 saturated heterocycles. The molecule has 0 spiro atoms. The summed E-state index contributed by atoms with van der Waals surface area (Å²) in [6.07, 6.45) is 1.29. The molecule has 2 rings (SSSR count). The molecule has 3 heteroatoms. The predicted molar refractivity (Wildman–Crippen MR) is 53.6 cm³/mol. The summed E-state index contributed by atoms with van der Waals surface area (Å²) in [5.74, 6) is 2.34. The lowest BCUT2D eigenvalue weighted by atomic mass is 10.3. The van der Waals surface area contributed by atoms with E-state index in [1.807, 2.05) is 11.3 Å². The molecule has 0 N–H and O–H groups in total. The standard InChI is InChI=1S/C8H8BrClS/c9-8-2-1-7(11-8)6-3-5(6)4-10/h1-2,5-6H,3-4H2. The average molecular weight is 252 g/mol. The van der Waals surface area contributed by atoms with E-state index in [1.54, 1.807) is 0 Å². The normalized spacial score (nSPS) is 28.9. The fraction of sp³-hybridized carbons (Fsp3) is 0.500. The van der Waals surface area contributed by atoms with E-state index >= 15 is 0 Å². The number of hydrogen-bond donors (Lipinski definition) is 0. The summed E-state index contributed by atoms with van der Waals surface area (Å²) in [6, 6.07) is 4.32. The van der Waals surface area contributed by atoms with Crippen molar-refractivity contribution < 1.29 is 0 Å². The number of rotatable bonds is 2. The van der Waals surface area contributed by atoms with E-state index in [2.05, 4.69) is 28.1 Å². The average Bonchev–Trinajstić information content (AvgIpc) is 2.68. The second kappa shape index (κ2) is 3.08. The zero-order valence-electron chi connectivity index (χ0n) is 5.89. The van der Waals surface area contributed by atoms with Crippen LogP contribution < -0.4 is 0 Å². The zero-order valence-corrected chi connectivity index (χ0v) is 9.05. The number of thiophene rings is 1. The molecule has 1 heterocycles. The summed E-state index contributed by atoms with van der Waals surface area (Å²) in [5.41, 5.74) is 0. The number of halogens is 2. The van der Waals surface area contributed by atoms with Crippen molar-refractivity contribution in [2.75, 3.05) is 5.88 Å². The summed E-state index contributed by atoms with van der Waals surface area (Å²) < 4.78 is 1.23. The van der Waals surface area contributed by atoms with Gasteiger partial charge in [0.2, 0.25) is 0 Å². The molecule has 0 aliphatic heterocycles. The van der Waals surface area contributed by atoms with Crippen molar-refractivity contribution >= 4 is 38.9 Å². The largest absolute Gasteiger partial charge is 0.133 e. The second-order valence-corrected chi connectivity index (χ2v) is 5.70. The van der Waals surface area contributed by atoms with Gasteiger partial charge in [0.15, 0.2) is 0 Å². The van der Waals surface area contributed by atoms with Crippen LogP contribution in [-0.4, -0.2) is 5.88 Å². The second-order valence-electron chi connectivity index (χ2n) is 2.90. The molecule has 60 valence electrons. The van der Waals surface area contributed by atoms with Crippen LogP contribution in [0.2, 0.25) is 0 Å². The maximum atomic E-state index is 5.74. The monoisotopic (exact) mass is 250 g/mol. The molecular weight excluding hydrogens is 244 g/mol. The topological polar surface area (TPSA) is 0 Å². The van der Waals surface area contributed by atoms with Gasteiger partial charge in [-0.3, -0.25) is 0 Å². The molecule has 0 nitrogen and oxygen atoms in total. The third-order valence-electron chi connectivity index (χ3n) is 2.08. The van der Waals surface area contributed by atoms with Gasteiger partial charge in [-0.15, -0.1) is 22.9 Å². The van der Waals surface area contributed by atoms with Gasteiger partial charge >= 0.3 is 0 Å². The number of alkyl halides is 1. The SMILES string of the molecule is ClCC1CC1c1ccc(Br)s1. The Bertz CT molecular complexity index is 258.